The van der Waals surface area contributed by atoms with Gasteiger partial charge >= 0.3 is 0 Å². The summed E-state index contributed by atoms with van der Waals surface area (Å²) >= 11 is 0. The summed E-state index contributed by atoms with van der Waals surface area (Å²) in [6, 6.07) is -4.30. The maximum atomic E-state index is 15.0. The predicted octanol–water partition coefficient (Wildman–Crippen LogP) is 1.08. The Morgan fingerprint density at radius 1 is 0.913 bits per heavy atom. The molecule has 2 heterocycles. The first kappa shape index (κ1) is 34.9. The molecule has 0 spiro atoms. The second kappa shape index (κ2) is 15.1. The van der Waals surface area contributed by atoms with Gasteiger partial charge in [0.25, 0.3) is 11.8 Å². The minimum atomic E-state index is -1.20. The number of ketones is 1. The Balaban J connectivity index is 1.52. The van der Waals surface area contributed by atoms with Gasteiger partial charge in [-0.3, -0.25) is 33.8 Å². The van der Waals surface area contributed by atoms with Crippen LogP contribution in [0.5, 0.6) is 0 Å². The van der Waals surface area contributed by atoms with Gasteiger partial charge in [-0.1, -0.05) is 41.0 Å². The molecule has 1 aliphatic heterocycles. The number of likely N-dealkylation sites (tertiary alicyclic amines) is 1. The summed E-state index contributed by atoms with van der Waals surface area (Å²) in [6.07, 6.45) is 5.83. The fraction of sp³-hybridized carbons (Fsp3) is 0.688. The third kappa shape index (κ3) is 8.05. The Labute approximate surface area is 268 Å². The van der Waals surface area contributed by atoms with Crippen LogP contribution < -0.4 is 21.3 Å². The molecular weight excluding hydrogens is 597 g/mol. The number of rotatable bonds is 14. The van der Waals surface area contributed by atoms with E-state index in [-0.39, 0.29) is 37.0 Å². The monoisotopic (exact) mass is 643 g/mol. The number of carbonyl (C=O) groups excluding carboxylic acids is 6. The van der Waals surface area contributed by atoms with Gasteiger partial charge < -0.3 is 26.2 Å². The highest BCUT2D eigenvalue weighted by Crippen LogP contribution is 2.44. The Hall–Kier alpha value is -3.97. The molecule has 0 aromatic carbocycles. The van der Waals surface area contributed by atoms with Crippen LogP contribution in [0.15, 0.2) is 18.6 Å². The summed E-state index contributed by atoms with van der Waals surface area (Å²) in [5, 5.41) is 10.8. The number of amides is 5. The van der Waals surface area contributed by atoms with Crippen molar-refractivity contribution in [3.05, 3.63) is 24.3 Å². The van der Waals surface area contributed by atoms with E-state index in [1.54, 1.807) is 27.7 Å². The molecule has 3 unspecified atom stereocenters. The van der Waals surface area contributed by atoms with Crippen molar-refractivity contribution in [2.75, 3.05) is 6.54 Å². The lowest BCUT2D eigenvalue weighted by atomic mass is 9.92. The summed E-state index contributed by atoms with van der Waals surface area (Å²) in [4.78, 5) is 89.0. The van der Waals surface area contributed by atoms with Crippen LogP contribution in [-0.4, -0.2) is 93.1 Å². The van der Waals surface area contributed by atoms with Crippen LogP contribution in [0.4, 0.5) is 4.39 Å². The number of carbonyl (C=O) groups is 6. The Bertz CT molecular complexity index is 1310. The topological polar surface area (TPSA) is 180 Å². The summed E-state index contributed by atoms with van der Waals surface area (Å²) < 4.78 is 15.0. The molecule has 252 valence electrons. The van der Waals surface area contributed by atoms with Gasteiger partial charge in [-0.2, -0.15) is 0 Å². The number of nitrogens with zero attached hydrogens (tertiary/aromatic N) is 3. The van der Waals surface area contributed by atoms with Crippen LogP contribution in [0.3, 0.4) is 0 Å². The minimum absolute atomic E-state index is 0.0204. The first-order chi connectivity index (χ1) is 21.8. The number of alkyl halides is 1. The fourth-order valence-corrected chi connectivity index (χ4v) is 6.38. The summed E-state index contributed by atoms with van der Waals surface area (Å²) in [5.41, 5.74) is 0.0283. The van der Waals surface area contributed by atoms with Gasteiger partial charge in [0.2, 0.25) is 23.5 Å². The van der Waals surface area contributed by atoms with Crippen molar-refractivity contribution in [3.63, 3.8) is 0 Å². The third-order valence-electron chi connectivity index (χ3n) is 9.10. The zero-order valence-electron chi connectivity index (χ0n) is 27.1. The predicted molar refractivity (Wildman–Crippen MR) is 165 cm³/mol. The average Bonchev–Trinajstić information content (AvgIpc) is 3.65. The Morgan fingerprint density at radius 3 is 2.20 bits per heavy atom. The molecule has 4 N–H and O–H groups in total. The number of hydrogen-bond donors (Lipinski definition) is 4. The number of aromatic nitrogens is 2. The highest BCUT2D eigenvalue weighted by atomic mass is 19.1. The molecule has 2 aliphatic carbocycles. The number of hydrogen-bond acceptors (Lipinski definition) is 8. The van der Waals surface area contributed by atoms with Gasteiger partial charge in [0, 0.05) is 30.9 Å². The van der Waals surface area contributed by atoms with E-state index in [1.807, 2.05) is 6.92 Å². The minimum Gasteiger partial charge on any atom is -0.347 e. The molecule has 13 nitrogen and oxygen atoms in total. The normalized spacial score (nSPS) is 24.1. The Kier molecular flexibility index (Phi) is 11.4. The average molecular weight is 644 g/mol. The van der Waals surface area contributed by atoms with E-state index in [1.165, 1.54) is 23.5 Å². The summed E-state index contributed by atoms with van der Waals surface area (Å²) in [5.74, 6) is -5.71. The molecular formula is C32H46FN7O6. The molecule has 0 radical (unpaired) electrons. The van der Waals surface area contributed by atoms with Gasteiger partial charge in [-0.15, -0.1) is 0 Å². The van der Waals surface area contributed by atoms with Crippen LogP contribution in [-0.2, 0) is 24.0 Å². The molecule has 3 aliphatic rings. The van der Waals surface area contributed by atoms with Gasteiger partial charge in [0.15, 0.2) is 0 Å². The van der Waals surface area contributed by atoms with E-state index >= 15 is 4.39 Å². The van der Waals surface area contributed by atoms with Gasteiger partial charge in [0.05, 0.1) is 12.2 Å². The van der Waals surface area contributed by atoms with E-state index in [2.05, 4.69) is 31.2 Å². The molecule has 4 rings (SSSR count). The smallest absolute Gasteiger partial charge is 0.289 e. The zero-order chi connectivity index (χ0) is 33.7. The van der Waals surface area contributed by atoms with Crippen LogP contribution in [0.2, 0.25) is 0 Å². The first-order valence-corrected chi connectivity index (χ1v) is 16.3. The number of fused-ring (bicyclic) bond motifs is 1. The molecule has 1 aromatic rings. The number of nitrogens with one attached hydrogen (secondary N) is 4. The van der Waals surface area contributed by atoms with E-state index in [4.69, 9.17) is 0 Å². The van der Waals surface area contributed by atoms with Gasteiger partial charge in [0.1, 0.15) is 30.0 Å². The standard InChI is InChI=1S/C32H46FN7O6/c1-6-7-22(27(41)31(45)36-18-8-9-18)37-30(44)26-19-10-11-21(33)20(19)15-40(26)32(46)25(17(4)5)39-29(43)24(16(2)3)38-28(42)23-14-34-12-13-35-23/h12-14,16-22,24-26H,6-11,15H2,1-5H3,(H,36,45)(H,37,44)(H,38,42)(H,39,43)/t19?,20?,21-,22?,24+,25+,26+/m1/s1. The maximum Gasteiger partial charge on any atom is 0.289 e. The molecule has 1 aromatic heterocycles. The highest BCUT2D eigenvalue weighted by Gasteiger charge is 2.55. The second-order valence-corrected chi connectivity index (χ2v) is 13.3. The molecule has 1 saturated heterocycles. The third-order valence-corrected chi connectivity index (χ3v) is 9.10. The van der Waals surface area contributed by atoms with Crippen LogP contribution >= 0.6 is 0 Å². The molecule has 7 atom stereocenters. The first-order valence-electron chi connectivity index (χ1n) is 16.3. The van der Waals surface area contributed by atoms with Crippen molar-refractivity contribution in [1.82, 2.24) is 36.1 Å². The zero-order valence-corrected chi connectivity index (χ0v) is 27.1. The van der Waals surface area contributed by atoms with E-state index in [0.29, 0.717) is 12.8 Å². The lowest BCUT2D eigenvalue weighted by molar-refractivity contribution is -0.145. The van der Waals surface area contributed by atoms with Crippen molar-refractivity contribution in [2.45, 2.75) is 110 Å². The Morgan fingerprint density at radius 2 is 1.61 bits per heavy atom. The lowest BCUT2D eigenvalue weighted by Crippen LogP contribution is -2.60. The van der Waals surface area contributed by atoms with Crippen molar-refractivity contribution in [3.8, 4) is 0 Å². The highest BCUT2D eigenvalue weighted by molar-refractivity contribution is 6.38. The molecule has 3 fully saturated rings. The SMILES string of the molecule is CCCC(NC(=O)[C@@H]1C2CC[C@@H](F)C2CN1C(=O)[C@@H](NC(=O)[C@@H](NC(=O)c1cnccn1)C(C)C)C(C)C)C(=O)C(=O)NC1CC1. The number of halogens is 1. The fourth-order valence-electron chi connectivity index (χ4n) is 6.38. The molecule has 0 bridgehead atoms. The summed E-state index contributed by atoms with van der Waals surface area (Å²) in [7, 11) is 0. The quantitative estimate of drug-likeness (QED) is 0.218. The van der Waals surface area contributed by atoms with E-state index < -0.39 is 83.4 Å². The second-order valence-electron chi connectivity index (χ2n) is 13.3. The molecule has 46 heavy (non-hydrogen) atoms. The number of Topliss-reactive ketones (excluding diaryl/α,β-unsaturated/α-hetero) is 1. The van der Waals surface area contributed by atoms with Crippen LogP contribution in [0.1, 0.15) is 83.6 Å². The lowest BCUT2D eigenvalue weighted by Gasteiger charge is -2.34. The van der Waals surface area contributed by atoms with E-state index in [0.717, 1.165) is 12.8 Å². The van der Waals surface area contributed by atoms with Gasteiger partial charge in [-0.05, 0) is 49.9 Å². The summed E-state index contributed by atoms with van der Waals surface area (Å²) in [6.45, 7) is 8.78. The largest absolute Gasteiger partial charge is 0.347 e. The van der Waals surface area contributed by atoms with Crippen molar-refractivity contribution in [1.29, 1.82) is 0 Å². The van der Waals surface area contributed by atoms with Crippen molar-refractivity contribution < 1.29 is 33.2 Å². The van der Waals surface area contributed by atoms with Crippen molar-refractivity contribution in [2.24, 2.45) is 23.7 Å². The maximum absolute atomic E-state index is 15.0. The molecule has 5 amide bonds. The van der Waals surface area contributed by atoms with Crippen LogP contribution in [0.25, 0.3) is 0 Å². The van der Waals surface area contributed by atoms with Crippen molar-refractivity contribution >= 4 is 35.3 Å². The van der Waals surface area contributed by atoms with E-state index in [9.17, 15) is 28.8 Å². The molecule has 2 saturated carbocycles. The molecule has 14 heteroatoms. The van der Waals surface area contributed by atoms with Crippen LogP contribution in [0, 0.1) is 23.7 Å². The van der Waals surface area contributed by atoms with Gasteiger partial charge in [-0.25, -0.2) is 9.37 Å².